The third-order valence-corrected chi connectivity index (χ3v) is 7.04. The fourth-order valence-corrected chi connectivity index (χ4v) is 4.86. The van der Waals surface area contributed by atoms with Crippen molar-refractivity contribution in [2.45, 2.75) is 97.0 Å². The molecule has 0 aromatic heterocycles. The van der Waals surface area contributed by atoms with E-state index in [9.17, 15) is 5.11 Å². The maximum absolute atomic E-state index is 9.63. The fourth-order valence-electron chi connectivity index (χ4n) is 4.86. The average Bonchev–Trinajstić information content (AvgIpc) is 3.16. The number of aliphatic hydroxyl groups excluding tert-OH is 1. The van der Waals surface area contributed by atoms with E-state index in [0.717, 1.165) is 63.6 Å². The van der Waals surface area contributed by atoms with E-state index >= 15 is 0 Å². The monoisotopic (exact) mass is 507 g/mol. The number of unbranched alkanes of at least 4 members (excludes halogenated alkanes) is 1. The molecule has 1 fully saturated rings. The van der Waals surface area contributed by atoms with Gasteiger partial charge in [0.15, 0.2) is 0 Å². The van der Waals surface area contributed by atoms with Crippen LogP contribution in [0.25, 0.3) is 0 Å². The van der Waals surface area contributed by atoms with Gasteiger partial charge in [-0.2, -0.15) is 0 Å². The van der Waals surface area contributed by atoms with Crippen molar-refractivity contribution in [1.82, 2.24) is 10.2 Å². The molecule has 0 bridgehead atoms. The quantitative estimate of drug-likeness (QED) is 0.179. The van der Waals surface area contributed by atoms with Crippen LogP contribution in [0.3, 0.4) is 0 Å². The number of nitrogens with one attached hydrogen (secondary N) is 1. The highest BCUT2D eigenvalue weighted by Gasteiger charge is 2.10. The lowest BCUT2D eigenvalue weighted by molar-refractivity contribution is 0.181. The van der Waals surface area contributed by atoms with Gasteiger partial charge < -0.3 is 15.3 Å². The number of rotatable bonds is 15. The van der Waals surface area contributed by atoms with Gasteiger partial charge in [0, 0.05) is 24.4 Å². The first-order valence-electron chi connectivity index (χ1n) is 14.8. The molecule has 0 aromatic carbocycles. The molecule has 0 aromatic rings. The molecule has 0 spiro atoms. The maximum atomic E-state index is 9.63. The minimum Gasteiger partial charge on any atom is -0.393 e. The molecule has 0 saturated carbocycles. The van der Waals surface area contributed by atoms with Gasteiger partial charge in [0.25, 0.3) is 0 Å². The second kappa shape index (κ2) is 19.9. The number of nitrogens with zero attached hydrogens (tertiary/aromatic N) is 2. The predicted octanol–water partition coefficient (Wildman–Crippen LogP) is 7.46. The third kappa shape index (κ3) is 14.4. The summed E-state index contributed by atoms with van der Waals surface area (Å²) < 4.78 is 0. The van der Waals surface area contributed by atoms with E-state index in [1.54, 1.807) is 0 Å². The smallest absolute Gasteiger partial charge is 0.0577 e. The van der Waals surface area contributed by atoms with E-state index in [1.165, 1.54) is 62.2 Å². The predicted molar refractivity (Wildman–Crippen MR) is 162 cm³/mol. The first-order chi connectivity index (χ1) is 18.1. The molecular formula is C33H53N3O. The SMILES string of the molecule is C=C(NCCCN1CCCCCC1)C1=C/C/C=C(CCCCC(C)O)\C(C/C=C\C=C/CC)=N/C/C=C\1. The summed E-state index contributed by atoms with van der Waals surface area (Å²) in [5.74, 6) is 0. The molecule has 2 aliphatic heterocycles. The van der Waals surface area contributed by atoms with Crippen LogP contribution in [0.15, 0.2) is 77.0 Å². The van der Waals surface area contributed by atoms with Gasteiger partial charge in [0.1, 0.15) is 0 Å². The van der Waals surface area contributed by atoms with Crippen molar-refractivity contribution in [2.24, 2.45) is 4.99 Å². The Morgan fingerprint density at radius 1 is 1.11 bits per heavy atom. The Bertz CT molecular complexity index is 821. The fraction of sp³-hybridized carbons (Fsp3) is 0.606. The van der Waals surface area contributed by atoms with Gasteiger partial charge in [-0.3, -0.25) is 4.99 Å². The Morgan fingerprint density at radius 2 is 1.89 bits per heavy atom. The normalized spacial score (nSPS) is 23.9. The molecule has 2 heterocycles. The summed E-state index contributed by atoms with van der Waals surface area (Å²) in [5.41, 5.74) is 4.71. The second-order valence-electron chi connectivity index (χ2n) is 10.4. The van der Waals surface area contributed by atoms with Crippen molar-refractivity contribution >= 4 is 5.71 Å². The van der Waals surface area contributed by atoms with Crippen molar-refractivity contribution in [3.05, 3.63) is 72.0 Å². The molecule has 2 aliphatic rings. The molecule has 0 radical (unpaired) electrons. The maximum Gasteiger partial charge on any atom is 0.0577 e. The van der Waals surface area contributed by atoms with E-state index in [-0.39, 0.29) is 6.10 Å². The Labute approximate surface area is 227 Å². The van der Waals surface area contributed by atoms with Gasteiger partial charge in [0.2, 0.25) is 0 Å². The lowest BCUT2D eigenvalue weighted by Gasteiger charge is -2.20. The summed E-state index contributed by atoms with van der Waals surface area (Å²) in [5, 5.41) is 13.2. The van der Waals surface area contributed by atoms with Crippen LogP contribution in [0.4, 0.5) is 0 Å². The highest BCUT2D eigenvalue weighted by atomic mass is 16.3. The number of hydrogen-bond donors (Lipinski definition) is 2. The summed E-state index contributed by atoms with van der Waals surface area (Å²) >= 11 is 0. The Kier molecular flexibility index (Phi) is 16.7. The topological polar surface area (TPSA) is 47.9 Å². The van der Waals surface area contributed by atoms with Crippen LogP contribution in [0.1, 0.15) is 90.9 Å². The van der Waals surface area contributed by atoms with Crippen LogP contribution >= 0.6 is 0 Å². The van der Waals surface area contributed by atoms with Crippen LogP contribution in [-0.2, 0) is 0 Å². The van der Waals surface area contributed by atoms with Crippen LogP contribution < -0.4 is 5.32 Å². The standard InChI is InChI=1S/C33H53N3O/c1-4-5-6-7-10-23-33-32(19-12-11-18-29(2)37)21-15-20-31(22-16-24-35-33)30(3)34-25-17-28-36-26-13-8-9-14-27-36/h5-7,10,16,20-22,29,34,37H,3-4,8-9,11-15,17-19,23-28H2,1-2H3/b6-5-,10-7-,22-16-,31-20+,32-21-,35-33-. The summed E-state index contributed by atoms with van der Waals surface area (Å²) in [4.78, 5) is 7.60. The van der Waals surface area contributed by atoms with Crippen LogP contribution in [-0.4, -0.2) is 54.5 Å². The van der Waals surface area contributed by atoms with Gasteiger partial charge in [-0.05, 0) is 89.1 Å². The number of aliphatic hydroxyl groups is 1. The molecule has 4 nitrogen and oxygen atoms in total. The summed E-state index contributed by atoms with van der Waals surface area (Å²) in [7, 11) is 0. The van der Waals surface area contributed by atoms with E-state index in [0.29, 0.717) is 6.54 Å². The Morgan fingerprint density at radius 3 is 2.65 bits per heavy atom. The zero-order valence-corrected chi connectivity index (χ0v) is 23.8. The number of aliphatic imine (C=N–C) groups is 1. The van der Waals surface area contributed by atoms with Gasteiger partial charge in [-0.25, -0.2) is 0 Å². The zero-order valence-electron chi connectivity index (χ0n) is 23.8. The molecule has 4 heteroatoms. The lowest BCUT2D eigenvalue weighted by Crippen LogP contribution is -2.28. The molecule has 2 rings (SSSR count). The van der Waals surface area contributed by atoms with Crippen LogP contribution in [0, 0.1) is 0 Å². The number of hydrogen-bond acceptors (Lipinski definition) is 4. The molecule has 1 unspecified atom stereocenters. The van der Waals surface area contributed by atoms with Crippen molar-refractivity contribution in [1.29, 1.82) is 0 Å². The first-order valence-corrected chi connectivity index (χ1v) is 14.8. The lowest BCUT2D eigenvalue weighted by atomic mass is 9.97. The Balaban J connectivity index is 1.95. The highest BCUT2D eigenvalue weighted by Crippen LogP contribution is 2.18. The molecule has 2 N–H and O–H groups in total. The van der Waals surface area contributed by atoms with Crippen LogP contribution in [0.2, 0.25) is 0 Å². The molecule has 37 heavy (non-hydrogen) atoms. The molecule has 0 aliphatic carbocycles. The Hall–Kier alpha value is -2.17. The van der Waals surface area contributed by atoms with Gasteiger partial charge >= 0.3 is 0 Å². The largest absolute Gasteiger partial charge is 0.393 e. The summed E-state index contributed by atoms with van der Waals surface area (Å²) in [6, 6.07) is 0. The van der Waals surface area contributed by atoms with Crippen molar-refractivity contribution < 1.29 is 5.11 Å². The molecule has 1 atom stereocenters. The molecule has 206 valence electrons. The number of allylic oxidation sites excluding steroid dienone is 8. The van der Waals surface area contributed by atoms with Crippen molar-refractivity contribution in [3.63, 3.8) is 0 Å². The second-order valence-corrected chi connectivity index (χ2v) is 10.4. The molecule has 1 saturated heterocycles. The highest BCUT2D eigenvalue weighted by molar-refractivity contribution is 6.01. The summed E-state index contributed by atoms with van der Waals surface area (Å²) in [6.07, 6.45) is 30.8. The number of likely N-dealkylation sites (tertiary alicyclic amines) is 1. The van der Waals surface area contributed by atoms with Crippen molar-refractivity contribution in [2.75, 3.05) is 32.7 Å². The van der Waals surface area contributed by atoms with E-state index in [1.807, 2.05) is 6.92 Å². The molecule has 0 amide bonds. The van der Waals surface area contributed by atoms with Crippen LogP contribution in [0.5, 0.6) is 0 Å². The van der Waals surface area contributed by atoms with E-state index in [4.69, 9.17) is 4.99 Å². The average molecular weight is 508 g/mol. The van der Waals surface area contributed by atoms with Gasteiger partial charge in [0.05, 0.1) is 12.6 Å². The van der Waals surface area contributed by atoms with Gasteiger partial charge in [-0.15, -0.1) is 0 Å². The third-order valence-electron chi connectivity index (χ3n) is 7.04. The van der Waals surface area contributed by atoms with Crippen molar-refractivity contribution in [3.8, 4) is 0 Å². The minimum atomic E-state index is -0.224. The van der Waals surface area contributed by atoms with Gasteiger partial charge in [-0.1, -0.05) is 81.4 Å². The van der Waals surface area contributed by atoms with E-state index < -0.39 is 0 Å². The molecular weight excluding hydrogens is 454 g/mol. The minimum absolute atomic E-state index is 0.224. The van der Waals surface area contributed by atoms with E-state index in [2.05, 4.69) is 72.3 Å². The first kappa shape index (κ1) is 31.1. The zero-order chi connectivity index (χ0) is 26.6. The summed E-state index contributed by atoms with van der Waals surface area (Å²) in [6.45, 7) is 13.7.